The van der Waals surface area contributed by atoms with Gasteiger partial charge in [-0.05, 0) is 19.8 Å². The summed E-state index contributed by atoms with van der Waals surface area (Å²) in [5.41, 5.74) is 2.78. The minimum atomic E-state index is -0.190. The first-order valence-electron chi connectivity index (χ1n) is 5.22. The van der Waals surface area contributed by atoms with Crippen molar-refractivity contribution >= 4 is 5.91 Å². The average Bonchev–Trinajstić information content (AvgIpc) is 2.50. The first kappa shape index (κ1) is 11.5. The first-order valence-corrected chi connectivity index (χ1v) is 5.22. The van der Waals surface area contributed by atoms with Gasteiger partial charge < -0.3 is 5.32 Å². The Morgan fingerprint density at radius 2 is 2.07 bits per heavy atom. The molecule has 2 atom stereocenters. The largest absolute Gasteiger partial charge is 0.352 e. The fraction of sp³-hybridized carbons (Fsp3) is 0.900. The maximum Gasteiger partial charge on any atom is 0.239 e. The van der Waals surface area contributed by atoms with Crippen LogP contribution in [0.15, 0.2) is 0 Å². The van der Waals surface area contributed by atoms with Gasteiger partial charge in [0.25, 0.3) is 0 Å². The van der Waals surface area contributed by atoms with Gasteiger partial charge in [-0.3, -0.25) is 9.63 Å². The van der Waals surface area contributed by atoms with E-state index >= 15 is 0 Å². The quantitative estimate of drug-likeness (QED) is 0.709. The lowest BCUT2D eigenvalue weighted by molar-refractivity contribution is -0.124. The van der Waals surface area contributed by atoms with Crippen molar-refractivity contribution < 1.29 is 9.63 Å². The Morgan fingerprint density at radius 1 is 1.43 bits per heavy atom. The van der Waals surface area contributed by atoms with Crippen LogP contribution in [0.1, 0.15) is 34.1 Å². The van der Waals surface area contributed by atoms with Gasteiger partial charge in [0.1, 0.15) is 6.04 Å². The summed E-state index contributed by atoms with van der Waals surface area (Å²) in [4.78, 5) is 16.9. The maximum absolute atomic E-state index is 11.6. The van der Waals surface area contributed by atoms with Gasteiger partial charge in [0.2, 0.25) is 5.91 Å². The van der Waals surface area contributed by atoms with Crippen LogP contribution in [0.3, 0.4) is 0 Å². The third-order valence-electron chi connectivity index (χ3n) is 2.32. The monoisotopic (exact) mass is 200 g/mol. The van der Waals surface area contributed by atoms with Gasteiger partial charge in [0.15, 0.2) is 0 Å². The Bertz CT molecular complexity index is 204. The van der Waals surface area contributed by atoms with Gasteiger partial charge in [-0.2, -0.15) is 5.48 Å². The van der Waals surface area contributed by atoms with Gasteiger partial charge in [-0.1, -0.05) is 13.8 Å². The molecule has 4 nitrogen and oxygen atoms in total. The fourth-order valence-electron chi connectivity index (χ4n) is 1.45. The van der Waals surface area contributed by atoms with Crippen LogP contribution in [-0.4, -0.2) is 24.1 Å². The van der Waals surface area contributed by atoms with Crippen molar-refractivity contribution in [1.82, 2.24) is 10.8 Å². The molecule has 2 N–H and O–H groups in total. The van der Waals surface area contributed by atoms with E-state index in [-0.39, 0.29) is 24.1 Å². The highest BCUT2D eigenvalue weighted by atomic mass is 16.7. The molecule has 0 aromatic heterocycles. The number of amides is 1. The van der Waals surface area contributed by atoms with Crippen LogP contribution in [0.2, 0.25) is 0 Å². The van der Waals surface area contributed by atoms with Crippen LogP contribution in [0.5, 0.6) is 0 Å². The Balaban J connectivity index is 2.38. The summed E-state index contributed by atoms with van der Waals surface area (Å²) in [5, 5.41) is 2.86. The molecular weight excluding hydrogens is 180 g/mol. The van der Waals surface area contributed by atoms with Crippen molar-refractivity contribution in [3.8, 4) is 0 Å². The fourth-order valence-corrected chi connectivity index (χ4v) is 1.45. The molecule has 2 unspecified atom stereocenters. The SMILES string of the molecule is CC(C)NC(=O)C1CC(C(C)C)ON1. The lowest BCUT2D eigenvalue weighted by Crippen LogP contribution is -2.42. The molecule has 0 saturated carbocycles. The van der Waals surface area contributed by atoms with Crippen LogP contribution in [0, 0.1) is 5.92 Å². The summed E-state index contributed by atoms with van der Waals surface area (Å²) in [5.74, 6) is 0.475. The molecule has 1 saturated heterocycles. The standard InChI is InChI=1S/C10H20N2O2/c1-6(2)9-5-8(12-14-9)10(13)11-7(3)4/h6-9,12H,5H2,1-4H3,(H,11,13). The number of carbonyl (C=O) groups excluding carboxylic acids is 1. The summed E-state index contributed by atoms with van der Waals surface area (Å²) in [6.07, 6.45) is 0.911. The molecule has 1 heterocycles. The van der Waals surface area contributed by atoms with E-state index in [1.807, 2.05) is 13.8 Å². The average molecular weight is 200 g/mol. The van der Waals surface area contributed by atoms with Crippen LogP contribution in [0.4, 0.5) is 0 Å². The van der Waals surface area contributed by atoms with Gasteiger partial charge in [0, 0.05) is 12.5 Å². The minimum absolute atomic E-state index is 0.0307. The summed E-state index contributed by atoms with van der Waals surface area (Å²) >= 11 is 0. The van der Waals surface area contributed by atoms with Crippen molar-refractivity contribution in [3.63, 3.8) is 0 Å². The second-order valence-corrected chi connectivity index (χ2v) is 4.47. The molecular formula is C10H20N2O2. The molecule has 0 aromatic carbocycles. The van der Waals surface area contributed by atoms with E-state index in [0.717, 1.165) is 6.42 Å². The normalized spacial score (nSPS) is 27.3. The zero-order chi connectivity index (χ0) is 10.7. The summed E-state index contributed by atoms with van der Waals surface area (Å²) in [6, 6.07) is -0.00722. The van der Waals surface area contributed by atoms with Crippen molar-refractivity contribution in [2.45, 2.75) is 52.3 Å². The van der Waals surface area contributed by atoms with Crippen molar-refractivity contribution in [1.29, 1.82) is 0 Å². The summed E-state index contributed by atoms with van der Waals surface area (Å²) in [6.45, 7) is 8.09. The molecule has 0 spiro atoms. The van der Waals surface area contributed by atoms with Crippen LogP contribution >= 0.6 is 0 Å². The number of carbonyl (C=O) groups is 1. The first-order chi connectivity index (χ1) is 6.50. The third-order valence-corrected chi connectivity index (χ3v) is 2.32. The molecule has 0 bridgehead atoms. The van der Waals surface area contributed by atoms with E-state index in [9.17, 15) is 4.79 Å². The molecule has 0 radical (unpaired) electrons. The molecule has 1 rings (SSSR count). The predicted octanol–water partition coefficient (Wildman–Crippen LogP) is 0.829. The highest BCUT2D eigenvalue weighted by Gasteiger charge is 2.32. The molecule has 14 heavy (non-hydrogen) atoms. The van der Waals surface area contributed by atoms with E-state index in [4.69, 9.17) is 4.84 Å². The van der Waals surface area contributed by atoms with Gasteiger partial charge in [0.05, 0.1) is 6.10 Å². The zero-order valence-electron chi connectivity index (χ0n) is 9.33. The zero-order valence-corrected chi connectivity index (χ0v) is 9.33. The molecule has 0 aliphatic carbocycles. The lowest BCUT2D eigenvalue weighted by atomic mass is 10.0. The maximum atomic E-state index is 11.6. The Kier molecular flexibility index (Phi) is 3.89. The second kappa shape index (κ2) is 4.75. The number of hydrogen-bond acceptors (Lipinski definition) is 3. The highest BCUT2D eigenvalue weighted by molar-refractivity contribution is 5.82. The molecule has 1 amide bonds. The number of hydroxylamine groups is 1. The molecule has 1 aliphatic heterocycles. The number of rotatable bonds is 3. The van der Waals surface area contributed by atoms with E-state index in [1.165, 1.54) is 0 Å². The van der Waals surface area contributed by atoms with Crippen molar-refractivity contribution in [2.75, 3.05) is 0 Å². The molecule has 1 aliphatic rings. The van der Waals surface area contributed by atoms with E-state index in [1.54, 1.807) is 0 Å². The van der Waals surface area contributed by atoms with E-state index in [2.05, 4.69) is 24.6 Å². The van der Waals surface area contributed by atoms with Crippen LogP contribution in [0.25, 0.3) is 0 Å². The van der Waals surface area contributed by atoms with Gasteiger partial charge in [-0.15, -0.1) is 0 Å². The summed E-state index contributed by atoms with van der Waals surface area (Å²) in [7, 11) is 0. The van der Waals surface area contributed by atoms with E-state index < -0.39 is 0 Å². The highest BCUT2D eigenvalue weighted by Crippen LogP contribution is 2.18. The second-order valence-electron chi connectivity index (χ2n) is 4.47. The topological polar surface area (TPSA) is 50.4 Å². The van der Waals surface area contributed by atoms with Crippen molar-refractivity contribution in [3.05, 3.63) is 0 Å². The predicted molar refractivity (Wildman–Crippen MR) is 54.5 cm³/mol. The van der Waals surface area contributed by atoms with E-state index in [0.29, 0.717) is 5.92 Å². The van der Waals surface area contributed by atoms with Gasteiger partial charge >= 0.3 is 0 Å². The molecule has 82 valence electrons. The molecule has 0 aromatic rings. The summed E-state index contributed by atoms with van der Waals surface area (Å²) < 4.78 is 0. The Hall–Kier alpha value is -0.610. The smallest absolute Gasteiger partial charge is 0.239 e. The Morgan fingerprint density at radius 3 is 2.50 bits per heavy atom. The number of hydrogen-bond donors (Lipinski definition) is 2. The lowest BCUT2D eigenvalue weighted by Gasteiger charge is -2.12. The van der Waals surface area contributed by atoms with Crippen LogP contribution in [-0.2, 0) is 9.63 Å². The number of nitrogens with one attached hydrogen (secondary N) is 2. The van der Waals surface area contributed by atoms with Crippen molar-refractivity contribution in [2.24, 2.45) is 5.92 Å². The molecule has 4 heteroatoms. The van der Waals surface area contributed by atoms with Crippen LogP contribution < -0.4 is 10.8 Å². The minimum Gasteiger partial charge on any atom is -0.352 e. The third kappa shape index (κ3) is 2.96. The van der Waals surface area contributed by atoms with Gasteiger partial charge in [-0.25, -0.2) is 0 Å². The molecule has 1 fully saturated rings. The Labute approximate surface area is 85.3 Å².